The zero-order chi connectivity index (χ0) is 15.5. The molecule has 1 N–H and O–H groups in total. The molecular formula is C16H21F4N. The summed E-state index contributed by atoms with van der Waals surface area (Å²) in [6, 6.07) is 6.02. The molecule has 1 aliphatic carbocycles. The number of halogens is 4. The van der Waals surface area contributed by atoms with Crippen molar-refractivity contribution in [3.8, 4) is 0 Å². The van der Waals surface area contributed by atoms with Crippen LogP contribution in [0, 0.1) is 11.7 Å². The average molecular weight is 303 g/mol. The Morgan fingerprint density at radius 3 is 2.43 bits per heavy atom. The van der Waals surface area contributed by atoms with Crippen LogP contribution in [0.15, 0.2) is 24.3 Å². The van der Waals surface area contributed by atoms with Crippen LogP contribution in [-0.4, -0.2) is 12.2 Å². The van der Waals surface area contributed by atoms with Crippen molar-refractivity contribution in [2.45, 2.75) is 57.3 Å². The van der Waals surface area contributed by atoms with Gasteiger partial charge in [-0.1, -0.05) is 25.5 Å². The second kappa shape index (κ2) is 6.77. The van der Waals surface area contributed by atoms with Crippen LogP contribution < -0.4 is 5.32 Å². The molecule has 1 aromatic rings. The lowest BCUT2D eigenvalue weighted by Gasteiger charge is -2.33. The van der Waals surface area contributed by atoms with Gasteiger partial charge >= 0.3 is 6.18 Å². The molecule has 0 spiro atoms. The molecule has 3 unspecified atom stereocenters. The molecule has 5 heteroatoms. The van der Waals surface area contributed by atoms with Crippen molar-refractivity contribution in [2.75, 3.05) is 0 Å². The maximum Gasteiger partial charge on any atom is 0.391 e. The van der Waals surface area contributed by atoms with Gasteiger partial charge in [-0.2, -0.15) is 13.2 Å². The number of alkyl halides is 3. The van der Waals surface area contributed by atoms with Crippen LogP contribution in [0.2, 0.25) is 0 Å². The minimum Gasteiger partial charge on any atom is -0.307 e. The molecule has 0 heterocycles. The fourth-order valence-electron chi connectivity index (χ4n) is 3.07. The van der Waals surface area contributed by atoms with Crippen LogP contribution >= 0.6 is 0 Å². The summed E-state index contributed by atoms with van der Waals surface area (Å²) in [6.45, 7) is 1.98. The van der Waals surface area contributed by atoms with Crippen molar-refractivity contribution < 1.29 is 17.6 Å². The maximum absolute atomic E-state index is 12.9. The van der Waals surface area contributed by atoms with Crippen LogP contribution in [-0.2, 0) is 0 Å². The Morgan fingerprint density at radius 2 is 1.86 bits per heavy atom. The van der Waals surface area contributed by atoms with Crippen LogP contribution in [0.25, 0.3) is 0 Å². The van der Waals surface area contributed by atoms with Gasteiger partial charge in [0.15, 0.2) is 0 Å². The fourth-order valence-corrected chi connectivity index (χ4v) is 3.07. The van der Waals surface area contributed by atoms with E-state index in [4.69, 9.17) is 0 Å². The summed E-state index contributed by atoms with van der Waals surface area (Å²) in [4.78, 5) is 0. The highest BCUT2D eigenvalue weighted by Gasteiger charge is 2.42. The number of benzene rings is 1. The number of hydrogen-bond donors (Lipinski definition) is 1. The first-order chi connectivity index (χ1) is 9.90. The molecule has 0 saturated heterocycles. The normalized spacial score (nSPS) is 24.8. The fraction of sp³-hybridized carbons (Fsp3) is 0.625. The Hall–Kier alpha value is -1.10. The minimum absolute atomic E-state index is 0.0254. The Morgan fingerprint density at radius 1 is 1.19 bits per heavy atom. The van der Waals surface area contributed by atoms with E-state index >= 15 is 0 Å². The first kappa shape index (κ1) is 16.3. The van der Waals surface area contributed by atoms with Crippen LogP contribution in [0.1, 0.15) is 50.6 Å². The molecule has 2 rings (SSSR count). The smallest absolute Gasteiger partial charge is 0.307 e. The van der Waals surface area contributed by atoms with Crippen molar-refractivity contribution >= 4 is 0 Å². The van der Waals surface area contributed by atoms with Crippen molar-refractivity contribution in [3.05, 3.63) is 35.6 Å². The van der Waals surface area contributed by atoms with Crippen molar-refractivity contribution in [2.24, 2.45) is 5.92 Å². The molecule has 118 valence electrons. The minimum atomic E-state index is -4.10. The van der Waals surface area contributed by atoms with Gasteiger partial charge in [0.2, 0.25) is 0 Å². The van der Waals surface area contributed by atoms with E-state index in [-0.39, 0.29) is 30.7 Å². The maximum atomic E-state index is 12.9. The Kier molecular flexibility index (Phi) is 5.25. The first-order valence-electron chi connectivity index (χ1n) is 7.48. The third-order valence-electron chi connectivity index (χ3n) is 4.25. The van der Waals surface area contributed by atoms with Crippen molar-refractivity contribution in [3.63, 3.8) is 0 Å². The summed E-state index contributed by atoms with van der Waals surface area (Å²) in [5, 5.41) is 3.32. The molecule has 21 heavy (non-hydrogen) atoms. The largest absolute Gasteiger partial charge is 0.391 e. The van der Waals surface area contributed by atoms with Gasteiger partial charge in [-0.15, -0.1) is 0 Å². The second-order valence-electron chi connectivity index (χ2n) is 5.78. The molecular weight excluding hydrogens is 282 g/mol. The van der Waals surface area contributed by atoms with E-state index in [1.165, 1.54) is 12.1 Å². The SMILES string of the molecule is CCC(NC1CCCC(C(F)(F)F)C1)c1ccc(F)cc1. The summed E-state index contributed by atoms with van der Waals surface area (Å²) in [7, 11) is 0. The van der Waals surface area contributed by atoms with Gasteiger partial charge in [0, 0.05) is 12.1 Å². The molecule has 0 aromatic heterocycles. The Balaban J connectivity index is 1.99. The molecule has 1 nitrogen and oxygen atoms in total. The molecule has 1 aromatic carbocycles. The van der Waals surface area contributed by atoms with E-state index < -0.39 is 12.1 Å². The van der Waals surface area contributed by atoms with Gasteiger partial charge in [-0.05, 0) is 43.4 Å². The molecule has 3 atom stereocenters. The molecule has 1 aliphatic rings. The lowest BCUT2D eigenvalue weighted by molar-refractivity contribution is -0.183. The quantitative estimate of drug-likeness (QED) is 0.773. The number of nitrogens with one attached hydrogen (secondary N) is 1. The molecule has 1 fully saturated rings. The van der Waals surface area contributed by atoms with Crippen LogP contribution in [0.5, 0.6) is 0 Å². The van der Waals surface area contributed by atoms with E-state index in [1.807, 2.05) is 6.92 Å². The molecule has 0 amide bonds. The third-order valence-corrected chi connectivity index (χ3v) is 4.25. The second-order valence-corrected chi connectivity index (χ2v) is 5.78. The lowest BCUT2D eigenvalue weighted by atomic mass is 9.84. The van der Waals surface area contributed by atoms with Crippen LogP contribution in [0.3, 0.4) is 0 Å². The highest BCUT2D eigenvalue weighted by Crippen LogP contribution is 2.38. The zero-order valence-corrected chi connectivity index (χ0v) is 12.1. The zero-order valence-electron chi connectivity index (χ0n) is 12.1. The monoisotopic (exact) mass is 303 g/mol. The molecule has 0 aliphatic heterocycles. The van der Waals surface area contributed by atoms with Gasteiger partial charge in [0.1, 0.15) is 5.82 Å². The summed E-state index contributed by atoms with van der Waals surface area (Å²) < 4.78 is 51.4. The van der Waals surface area contributed by atoms with E-state index in [9.17, 15) is 17.6 Å². The summed E-state index contributed by atoms with van der Waals surface area (Å²) in [5.41, 5.74) is 0.924. The van der Waals surface area contributed by atoms with Crippen LogP contribution in [0.4, 0.5) is 17.6 Å². The Bertz CT molecular complexity index is 441. The highest BCUT2D eigenvalue weighted by molar-refractivity contribution is 5.20. The number of hydrogen-bond acceptors (Lipinski definition) is 1. The van der Waals surface area contributed by atoms with Crippen molar-refractivity contribution in [1.29, 1.82) is 0 Å². The Labute approximate surface area is 122 Å². The van der Waals surface area contributed by atoms with E-state index in [0.717, 1.165) is 18.4 Å². The van der Waals surface area contributed by atoms with E-state index in [0.29, 0.717) is 6.42 Å². The van der Waals surface area contributed by atoms with Gasteiger partial charge in [0.05, 0.1) is 5.92 Å². The predicted octanol–water partition coefficient (Wildman–Crippen LogP) is 4.99. The van der Waals surface area contributed by atoms with Crippen molar-refractivity contribution in [1.82, 2.24) is 5.32 Å². The van der Waals surface area contributed by atoms with Gasteiger partial charge in [-0.25, -0.2) is 4.39 Å². The predicted molar refractivity (Wildman–Crippen MR) is 74.4 cm³/mol. The van der Waals surface area contributed by atoms with Gasteiger partial charge in [-0.3, -0.25) is 0 Å². The van der Waals surface area contributed by atoms with E-state index in [2.05, 4.69) is 5.32 Å². The van der Waals surface area contributed by atoms with E-state index in [1.54, 1.807) is 12.1 Å². The highest BCUT2D eigenvalue weighted by atomic mass is 19.4. The summed E-state index contributed by atoms with van der Waals surface area (Å²) >= 11 is 0. The molecule has 1 saturated carbocycles. The molecule has 0 radical (unpaired) electrons. The standard InChI is InChI=1S/C16H21F4N/c1-2-15(11-6-8-13(17)9-7-11)21-14-5-3-4-12(10-14)16(18,19)20/h6-9,12,14-15,21H,2-5,10H2,1H3. The average Bonchev–Trinajstić information content (AvgIpc) is 2.45. The first-order valence-corrected chi connectivity index (χ1v) is 7.48. The lowest BCUT2D eigenvalue weighted by Crippen LogP contribution is -2.40. The number of rotatable bonds is 4. The third kappa shape index (κ3) is 4.43. The summed E-state index contributed by atoms with van der Waals surface area (Å²) in [6.07, 6.45) is -1.60. The molecule has 0 bridgehead atoms. The summed E-state index contributed by atoms with van der Waals surface area (Å²) in [5.74, 6) is -1.50. The topological polar surface area (TPSA) is 12.0 Å². The van der Waals surface area contributed by atoms with Gasteiger partial charge in [0.25, 0.3) is 0 Å². The van der Waals surface area contributed by atoms with Gasteiger partial charge < -0.3 is 5.32 Å².